The van der Waals surface area contributed by atoms with Crippen molar-refractivity contribution in [1.29, 1.82) is 0 Å². The number of likely N-dealkylation sites (tertiary alicyclic amines) is 1. The Morgan fingerprint density at radius 1 is 0.912 bits per heavy atom. The van der Waals surface area contributed by atoms with Crippen molar-refractivity contribution in [3.8, 4) is 5.75 Å². The maximum atomic E-state index is 14.2. The molecule has 2 atom stereocenters. The van der Waals surface area contributed by atoms with Crippen LogP contribution in [-0.4, -0.2) is 36.5 Å². The van der Waals surface area contributed by atoms with Gasteiger partial charge in [-0.25, -0.2) is 0 Å². The van der Waals surface area contributed by atoms with E-state index < -0.39 is 30.9 Å². The average molecular weight is 475 g/mol. The molecule has 1 aliphatic heterocycles. The fourth-order valence-corrected chi connectivity index (χ4v) is 6.21. The van der Waals surface area contributed by atoms with Gasteiger partial charge in [-0.15, -0.1) is 0 Å². The molecule has 1 N–H and O–H groups in total. The number of Topliss-reactive ketones (excluding diaryl/α,β-unsaturated/α-hetero) is 1. The molecular weight excluding hydrogens is 449 g/mol. The van der Waals surface area contributed by atoms with Gasteiger partial charge in [-0.05, 0) is 48.9 Å². The van der Waals surface area contributed by atoms with Crippen molar-refractivity contribution < 1.29 is 18.9 Å². The van der Waals surface area contributed by atoms with Crippen molar-refractivity contribution in [2.75, 3.05) is 14.2 Å². The minimum absolute atomic E-state index is 0.385. The quantitative estimate of drug-likeness (QED) is 0.245. The number of methoxy groups -OCH3 is 1. The summed E-state index contributed by atoms with van der Waals surface area (Å²) in [6, 6.07) is 24.8. The monoisotopic (exact) mass is 475 g/mol. The number of ether oxygens (including phenoxy) is 1. The topological polar surface area (TPSA) is 88.1 Å². The number of nitrogens with one attached hydrogen (secondary N) is 1. The lowest BCUT2D eigenvalue weighted by atomic mass is 9.89. The Kier molecular flexibility index (Phi) is 6.66. The van der Waals surface area contributed by atoms with E-state index in [4.69, 9.17) is 4.74 Å². The molecule has 0 bridgehead atoms. The minimum atomic E-state index is -3.33. The number of hydrogen-bond acceptors (Lipinski definition) is 5. The Labute approximate surface area is 198 Å². The molecule has 3 aromatic rings. The highest BCUT2D eigenvalue weighted by atomic mass is 31.2. The first-order chi connectivity index (χ1) is 16.4. The lowest BCUT2D eigenvalue weighted by molar-refractivity contribution is -0.140. The van der Waals surface area contributed by atoms with Gasteiger partial charge in [0, 0.05) is 23.4 Å². The Morgan fingerprint density at radius 3 is 1.94 bits per heavy atom. The SMILES string of the molecule is COc1ccc(C2C(/C(C)=N/NP(=O)(c3ccccc3)c3ccccc3)C(=O)C(=O)N2C)cc1. The number of likely N-dealkylation sites (N-methyl/N-ethyl adjacent to an activating group) is 1. The van der Waals surface area contributed by atoms with Crippen molar-refractivity contribution in [2.24, 2.45) is 11.0 Å². The number of nitrogens with zero attached hydrogens (tertiary/aromatic N) is 2. The molecule has 1 fully saturated rings. The molecule has 0 aliphatic carbocycles. The van der Waals surface area contributed by atoms with E-state index in [-0.39, 0.29) is 0 Å². The van der Waals surface area contributed by atoms with Gasteiger partial charge in [0.15, 0.2) is 0 Å². The van der Waals surface area contributed by atoms with Gasteiger partial charge in [-0.3, -0.25) is 19.4 Å². The lowest BCUT2D eigenvalue weighted by Crippen LogP contribution is -2.29. The zero-order valence-corrected chi connectivity index (χ0v) is 20.1. The van der Waals surface area contributed by atoms with Gasteiger partial charge in [0.1, 0.15) is 5.75 Å². The second kappa shape index (κ2) is 9.65. The highest BCUT2D eigenvalue weighted by molar-refractivity contribution is 7.76. The second-order valence-corrected chi connectivity index (χ2v) is 10.6. The second-order valence-electron chi connectivity index (χ2n) is 8.11. The van der Waals surface area contributed by atoms with Crippen molar-refractivity contribution >= 4 is 35.3 Å². The Hall–Kier alpha value is -3.70. The smallest absolute Gasteiger partial charge is 0.291 e. The summed E-state index contributed by atoms with van der Waals surface area (Å²) >= 11 is 0. The molecule has 1 aliphatic rings. The van der Waals surface area contributed by atoms with Gasteiger partial charge >= 0.3 is 0 Å². The summed E-state index contributed by atoms with van der Waals surface area (Å²) in [5.74, 6) is -1.24. The number of amides is 1. The summed E-state index contributed by atoms with van der Waals surface area (Å²) in [5, 5.41) is 8.51. The summed E-state index contributed by atoms with van der Waals surface area (Å²) in [6.45, 7) is 1.68. The van der Waals surface area contributed by atoms with Crippen molar-refractivity contribution in [3.63, 3.8) is 0 Å². The van der Waals surface area contributed by atoms with Crippen LogP contribution in [0.2, 0.25) is 0 Å². The van der Waals surface area contributed by atoms with E-state index in [1.54, 1.807) is 57.5 Å². The first kappa shape index (κ1) is 23.5. The van der Waals surface area contributed by atoms with E-state index in [1.165, 1.54) is 4.90 Å². The van der Waals surface area contributed by atoms with Crippen LogP contribution in [0.5, 0.6) is 5.75 Å². The van der Waals surface area contributed by atoms with E-state index in [1.807, 2.05) is 48.5 Å². The van der Waals surface area contributed by atoms with Crippen LogP contribution in [0.1, 0.15) is 18.5 Å². The fourth-order valence-electron chi connectivity index (χ4n) is 4.19. The van der Waals surface area contributed by atoms with Gasteiger partial charge in [0.05, 0.1) is 19.1 Å². The van der Waals surface area contributed by atoms with Crippen molar-refractivity contribution in [2.45, 2.75) is 13.0 Å². The van der Waals surface area contributed by atoms with Crippen LogP contribution in [0, 0.1) is 5.92 Å². The van der Waals surface area contributed by atoms with Crippen molar-refractivity contribution in [3.05, 3.63) is 90.5 Å². The van der Waals surface area contributed by atoms with Crippen LogP contribution >= 0.6 is 7.29 Å². The highest BCUT2D eigenvalue weighted by Crippen LogP contribution is 2.40. The molecule has 3 aromatic carbocycles. The van der Waals surface area contributed by atoms with E-state index >= 15 is 0 Å². The largest absolute Gasteiger partial charge is 0.497 e. The maximum absolute atomic E-state index is 14.2. The normalized spacial score (nSPS) is 18.8. The standard InChI is InChI=1S/C26H26N3O4P/c1-18(23-24(29(2)26(31)25(23)30)19-14-16-20(33-3)17-15-19)27-28-34(32,21-10-6-4-7-11-21)22-12-8-5-9-13-22/h4-17,23-24H,1-3H3,(H,28,32)/b27-18+. The van der Waals surface area contributed by atoms with Crippen LogP contribution in [-0.2, 0) is 14.2 Å². The molecule has 0 saturated carbocycles. The molecule has 4 rings (SSSR count). The summed E-state index contributed by atoms with van der Waals surface area (Å²) in [6.07, 6.45) is 0. The molecule has 34 heavy (non-hydrogen) atoms. The third kappa shape index (κ3) is 4.27. The number of hydrazone groups is 1. The molecule has 8 heteroatoms. The first-order valence-electron chi connectivity index (χ1n) is 10.8. The number of carbonyl (C=O) groups excluding carboxylic acids is 2. The summed E-state index contributed by atoms with van der Waals surface area (Å²) < 4.78 is 19.4. The van der Waals surface area contributed by atoms with E-state index in [0.29, 0.717) is 22.1 Å². The highest BCUT2D eigenvalue weighted by Gasteiger charge is 2.48. The molecule has 0 radical (unpaired) electrons. The van der Waals surface area contributed by atoms with Gasteiger partial charge in [-0.1, -0.05) is 48.5 Å². The number of benzene rings is 3. The predicted octanol–water partition coefficient (Wildman–Crippen LogP) is 3.29. The van der Waals surface area contributed by atoms with E-state index in [2.05, 4.69) is 10.3 Å². The fraction of sp³-hybridized carbons (Fsp3) is 0.192. The van der Waals surface area contributed by atoms with Crippen LogP contribution in [0.4, 0.5) is 0 Å². The molecule has 174 valence electrons. The zero-order chi connectivity index (χ0) is 24.3. The van der Waals surface area contributed by atoms with Gasteiger partial charge in [0.25, 0.3) is 5.91 Å². The third-order valence-electron chi connectivity index (χ3n) is 6.06. The predicted molar refractivity (Wildman–Crippen MR) is 133 cm³/mol. The lowest BCUT2D eigenvalue weighted by Gasteiger charge is -2.25. The Balaban J connectivity index is 1.71. The summed E-state index contributed by atoms with van der Waals surface area (Å²) in [4.78, 5) is 27.0. The first-order valence-corrected chi connectivity index (χ1v) is 12.5. The van der Waals surface area contributed by atoms with Gasteiger partial charge < -0.3 is 9.64 Å². The number of carbonyl (C=O) groups is 2. The molecule has 1 saturated heterocycles. The maximum Gasteiger partial charge on any atom is 0.291 e. The van der Waals surface area contributed by atoms with Crippen LogP contribution in [0.25, 0.3) is 0 Å². The van der Waals surface area contributed by atoms with Crippen LogP contribution in [0.15, 0.2) is 90.0 Å². The van der Waals surface area contributed by atoms with E-state index in [9.17, 15) is 14.2 Å². The summed E-state index contributed by atoms with van der Waals surface area (Å²) in [5.41, 5.74) is 1.17. The molecular formula is C26H26N3O4P. The number of ketones is 1. The Bertz CT molecular complexity index is 1220. The number of rotatable bonds is 7. The van der Waals surface area contributed by atoms with Crippen molar-refractivity contribution in [1.82, 2.24) is 10.1 Å². The zero-order valence-electron chi connectivity index (χ0n) is 19.2. The molecule has 7 nitrogen and oxygen atoms in total. The average Bonchev–Trinajstić information content (AvgIpc) is 3.12. The molecule has 0 aromatic heterocycles. The van der Waals surface area contributed by atoms with Crippen LogP contribution < -0.4 is 20.5 Å². The molecule has 0 spiro atoms. The molecule has 2 unspecified atom stereocenters. The summed E-state index contributed by atoms with van der Waals surface area (Å²) in [7, 11) is -0.153. The molecule has 1 amide bonds. The number of hydrogen-bond donors (Lipinski definition) is 1. The van der Waals surface area contributed by atoms with E-state index in [0.717, 1.165) is 5.56 Å². The minimum Gasteiger partial charge on any atom is -0.497 e. The third-order valence-corrected chi connectivity index (χ3v) is 8.49. The Morgan fingerprint density at radius 2 is 1.44 bits per heavy atom. The molecule has 1 heterocycles. The van der Waals surface area contributed by atoms with Crippen LogP contribution in [0.3, 0.4) is 0 Å². The van der Waals surface area contributed by atoms with Gasteiger partial charge in [-0.2, -0.15) is 5.10 Å². The van der Waals surface area contributed by atoms with Gasteiger partial charge in [0.2, 0.25) is 13.1 Å².